The topological polar surface area (TPSA) is 98.5 Å². The Morgan fingerprint density at radius 2 is 1.73 bits per heavy atom. The first-order valence-electron chi connectivity index (χ1n) is 10.0. The van der Waals surface area contributed by atoms with Crippen molar-refractivity contribution in [2.24, 2.45) is 0 Å². The lowest BCUT2D eigenvalue weighted by Crippen LogP contribution is -2.33. The van der Waals surface area contributed by atoms with E-state index in [9.17, 15) is 4.79 Å². The van der Waals surface area contributed by atoms with Gasteiger partial charge in [0, 0.05) is 16.7 Å². The number of rotatable bonds is 7. The Balaban J connectivity index is 1.60. The van der Waals surface area contributed by atoms with E-state index in [4.69, 9.17) is 25.5 Å². The minimum absolute atomic E-state index is 0.230. The molecule has 3 aromatic carbocycles. The summed E-state index contributed by atoms with van der Waals surface area (Å²) in [6, 6.07) is 20.3. The Hall–Kier alpha value is -4.04. The molecule has 9 heteroatoms. The van der Waals surface area contributed by atoms with Gasteiger partial charge in [-0.1, -0.05) is 41.9 Å². The molecule has 0 aliphatic heterocycles. The number of halogens is 1. The Morgan fingerprint density at radius 3 is 2.42 bits per heavy atom. The van der Waals surface area contributed by atoms with Crippen LogP contribution in [0.1, 0.15) is 17.5 Å². The predicted molar refractivity (Wildman–Crippen MR) is 125 cm³/mol. The minimum atomic E-state index is -0.712. The van der Waals surface area contributed by atoms with Crippen LogP contribution >= 0.6 is 11.6 Å². The highest BCUT2D eigenvalue weighted by Gasteiger charge is 2.24. The van der Waals surface area contributed by atoms with E-state index >= 15 is 0 Å². The zero-order valence-electron chi connectivity index (χ0n) is 17.9. The maximum Gasteiger partial charge on any atom is 0.320 e. The third-order valence-corrected chi connectivity index (χ3v) is 5.10. The van der Waals surface area contributed by atoms with Crippen molar-refractivity contribution in [3.63, 3.8) is 0 Å². The zero-order chi connectivity index (χ0) is 23.2. The lowest BCUT2D eigenvalue weighted by atomic mass is 10.1. The molecule has 2 amide bonds. The van der Waals surface area contributed by atoms with Gasteiger partial charge < -0.3 is 24.5 Å². The highest BCUT2D eigenvalue weighted by Crippen LogP contribution is 2.30. The van der Waals surface area contributed by atoms with Crippen LogP contribution in [0.15, 0.2) is 77.2 Å². The summed E-state index contributed by atoms with van der Waals surface area (Å²) in [5.74, 6) is 1.64. The Bertz CT molecular complexity index is 1230. The van der Waals surface area contributed by atoms with Gasteiger partial charge in [-0.3, -0.25) is 0 Å². The number of carbonyl (C=O) groups excluding carboxylic acids is 1. The predicted octanol–water partition coefficient (Wildman–Crippen LogP) is 5.32. The molecule has 0 saturated carbocycles. The number of hydrogen-bond acceptors (Lipinski definition) is 6. The van der Waals surface area contributed by atoms with Crippen LogP contribution in [0.25, 0.3) is 11.5 Å². The summed E-state index contributed by atoms with van der Waals surface area (Å²) >= 11 is 6.04. The second-order valence-corrected chi connectivity index (χ2v) is 7.40. The van der Waals surface area contributed by atoms with Crippen LogP contribution in [0.2, 0.25) is 5.02 Å². The van der Waals surface area contributed by atoms with E-state index in [2.05, 4.69) is 20.8 Å². The van der Waals surface area contributed by atoms with E-state index in [-0.39, 0.29) is 5.89 Å². The van der Waals surface area contributed by atoms with Crippen LogP contribution in [-0.4, -0.2) is 30.4 Å². The quantitative estimate of drug-likeness (QED) is 0.384. The lowest BCUT2D eigenvalue weighted by Gasteiger charge is -2.17. The van der Waals surface area contributed by atoms with Crippen LogP contribution in [0.5, 0.6) is 11.5 Å². The lowest BCUT2D eigenvalue weighted by molar-refractivity contribution is 0.248. The van der Waals surface area contributed by atoms with Crippen molar-refractivity contribution in [3.05, 3.63) is 89.3 Å². The molecule has 0 aliphatic rings. The summed E-state index contributed by atoms with van der Waals surface area (Å²) in [5.41, 5.74) is 1.97. The molecule has 2 N–H and O–H groups in total. The standard InChI is InChI=1S/C24H21ClN4O4/c1-31-18-12-13-19(20(14-18)32-2)26-24(30)27-21(15-8-10-17(25)11-9-15)23-29-28-22(33-23)16-6-4-3-5-7-16/h3-14,21H,1-2H3,(H2,26,27,30). The SMILES string of the molecule is COc1ccc(NC(=O)NC(c2ccc(Cl)cc2)c2nnc(-c3ccccc3)o2)c(OC)c1. The molecule has 0 fully saturated rings. The number of urea groups is 1. The third kappa shape index (κ3) is 5.24. The van der Waals surface area contributed by atoms with Gasteiger partial charge in [-0.05, 0) is 42.0 Å². The first-order valence-corrected chi connectivity index (χ1v) is 10.4. The first kappa shape index (κ1) is 22.2. The number of carbonyl (C=O) groups is 1. The number of nitrogens with zero attached hydrogens (tertiary/aromatic N) is 2. The fourth-order valence-corrected chi connectivity index (χ4v) is 3.31. The summed E-state index contributed by atoms with van der Waals surface area (Å²) in [5, 5.41) is 14.6. The van der Waals surface area contributed by atoms with E-state index in [1.165, 1.54) is 7.11 Å². The highest BCUT2D eigenvalue weighted by atomic mass is 35.5. The maximum absolute atomic E-state index is 12.9. The van der Waals surface area contributed by atoms with Gasteiger partial charge >= 0.3 is 6.03 Å². The second kappa shape index (κ2) is 10.1. The average Bonchev–Trinajstić information content (AvgIpc) is 3.34. The molecule has 33 heavy (non-hydrogen) atoms. The molecule has 0 radical (unpaired) electrons. The summed E-state index contributed by atoms with van der Waals surface area (Å²) in [7, 11) is 3.07. The van der Waals surface area contributed by atoms with Crippen molar-refractivity contribution in [1.82, 2.24) is 15.5 Å². The van der Waals surface area contributed by atoms with Crippen molar-refractivity contribution >= 4 is 23.3 Å². The Morgan fingerprint density at radius 1 is 0.970 bits per heavy atom. The minimum Gasteiger partial charge on any atom is -0.497 e. The van der Waals surface area contributed by atoms with Gasteiger partial charge in [0.05, 0.1) is 19.9 Å². The normalized spacial score (nSPS) is 11.5. The van der Waals surface area contributed by atoms with Crippen molar-refractivity contribution in [2.45, 2.75) is 6.04 Å². The van der Waals surface area contributed by atoms with Crippen LogP contribution in [-0.2, 0) is 0 Å². The molecular formula is C24H21ClN4O4. The van der Waals surface area contributed by atoms with Crippen molar-refractivity contribution in [1.29, 1.82) is 0 Å². The van der Waals surface area contributed by atoms with Crippen LogP contribution < -0.4 is 20.1 Å². The van der Waals surface area contributed by atoms with Crippen LogP contribution in [0.3, 0.4) is 0 Å². The molecule has 4 aromatic rings. The van der Waals surface area contributed by atoms with Gasteiger partial charge in [0.2, 0.25) is 11.8 Å². The molecule has 0 spiro atoms. The van der Waals surface area contributed by atoms with Crippen LogP contribution in [0.4, 0.5) is 10.5 Å². The molecule has 1 heterocycles. The molecule has 1 atom stereocenters. The first-order chi connectivity index (χ1) is 16.1. The smallest absolute Gasteiger partial charge is 0.320 e. The number of anilines is 1. The summed E-state index contributed by atoms with van der Waals surface area (Å²) in [4.78, 5) is 12.9. The molecule has 8 nitrogen and oxygen atoms in total. The summed E-state index contributed by atoms with van der Waals surface area (Å²) < 4.78 is 16.5. The third-order valence-electron chi connectivity index (χ3n) is 4.84. The molecule has 0 aliphatic carbocycles. The van der Waals surface area contributed by atoms with Gasteiger partial charge in [-0.25, -0.2) is 4.79 Å². The molecule has 0 bridgehead atoms. The van der Waals surface area contributed by atoms with Gasteiger partial charge in [0.1, 0.15) is 17.5 Å². The van der Waals surface area contributed by atoms with Crippen molar-refractivity contribution in [2.75, 3.05) is 19.5 Å². The Kier molecular flexibility index (Phi) is 6.75. The molecule has 1 unspecified atom stereocenters. The number of ether oxygens (including phenoxy) is 2. The maximum atomic E-state index is 12.9. The fourth-order valence-electron chi connectivity index (χ4n) is 3.18. The number of amides is 2. The number of benzene rings is 3. The van der Waals surface area contributed by atoms with Crippen molar-refractivity contribution in [3.8, 4) is 23.0 Å². The van der Waals surface area contributed by atoms with E-state index in [0.29, 0.717) is 28.1 Å². The number of hydrogen-bond donors (Lipinski definition) is 2. The average molecular weight is 465 g/mol. The van der Waals surface area contributed by atoms with Crippen LogP contribution in [0, 0.1) is 0 Å². The van der Waals surface area contributed by atoms with Gasteiger partial charge in [0.25, 0.3) is 0 Å². The molecule has 1 aromatic heterocycles. The fraction of sp³-hybridized carbons (Fsp3) is 0.125. The molecule has 4 rings (SSSR count). The van der Waals surface area contributed by atoms with E-state index in [1.807, 2.05) is 30.3 Å². The summed E-state index contributed by atoms with van der Waals surface area (Å²) in [6.07, 6.45) is 0. The number of nitrogens with one attached hydrogen (secondary N) is 2. The van der Waals surface area contributed by atoms with Gasteiger partial charge in [-0.15, -0.1) is 10.2 Å². The highest BCUT2D eigenvalue weighted by molar-refractivity contribution is 6.30. The van der Waals surface area contributed by atoms with Crippen molar-refractivity contribution < 1.29 is 18.7 Å². The second-order valence-electron chi connectivity index (χ2n) is 6.96. The molecule has 168 valence electrons. The van der Waals surface area contributed by atoms with E-state index in [1.54, 1.807) is 49.6 Å². The number of methoxy groups -OCH3 is 2. The van der Waals surface area contributed by atoms with E-state index < -0.39 is 12.1 Å². The van der Waals surface area contributed by atoms with Gasteiger partial charge in [0.15, 0.2) is 0 Å². The monoisotopic (exact) mass is 464 g/mol. The van der Waals surface area contributed by atoms with E-state index in [0.717, 1.165) is 11.1 Å². The number of aromatic nitrogens is 2. The van der Waals surface area contributed by atoms with Gasteiger partial charge in [-0.2, -0.15) is 0 Å². The Labute approximate surface area is 195 Å². The summed E-state index contributed by atoms with van der Waals surface area (Å²) in [6.45, 7) is 0. The molecule has 0 saturated heterocycles. The molecular weight excluding hydrogens is 444 g/mol. The zero-order valence-corrected chi connectivity index (χ0v) is 18.7. The largest absolute Gasteiger partial charge is 0.497 e.